The van der Waals surface area contributed by atoms with E-state index in [-0.39, 0.29) is 5.41 Å². The molecular weight excluding hydrogens is 308 g/mol. The van der Waals surface area contributed by atoms with Gasteiger partial charge in [-0.15, -0.1) is 0 Å². The van der Waals surface area contributed by atoms with Crippen LogP contribution in [-0.4, -0.2) is 11.1 Å². The van der Waals surface area contributed by atoms with E-state index in [1.807, 2.05) is 12.1 Å². The first kappa shape index (κ1) is 17.5. The Balaban J connectivity index is 1.93. The van der Waals surface area contributed by atoms with E-state index in [0.29, 0.717) is 5.56 Å². The molecule has 0 amide bonds. The van der Waals surface area contributed by atoms with Crippen molar-refractivity contribution in [1.29, 1.82) is 0 Å². The Morgan fingerprint density at radius 2 is 1.72 bits per heavy atom. The molecule has 0 bridgehead atoms. The van der Waals surface area contributed by atoms with Gasteiger partial charge in [-0.1, -0.05) is 56.7 Å². The number of benzene rings is 2. The number of fused-ring (bicyclic) bond motifs is 1. The van der Waals surface area contributed by atoms with Crippen LogP contribution in [0.3, 0.4) is 0 Å². The first-order valence-corrected chi connectivity index (χ1v) is 9.02. The van der Waals surface area contributed by atoms with Crippen LogP contribution < -0.4 is 0 Å². The van der Waals surface area contributed by atoms with E-state index in [4.69, 9.17) is 5.11 Å². The maximum atomic E-state index is 11.0. The lowest BCUT2D eigenvalue weighted by atomic mass is 9.79. The third kappa shape index (κ3) is 3.84. The van der Waals surface area contributed by atoms with Crippen LogP contribution in [0, 0.1) is 0 Å². The molecule has 1 aliphatic rings. The Labute approximate surface area is 150 Å². The van der Waals surface area contributed by atoms with Crippen molar-refractivity contribution in [2.24, 2.45) is 0 Å². The number of aromatic carboxylic acids is 1. The van der Waals surface area contributed by atoms with E-state index in [1.165, 1.54) is 47.9 Å². The summed E-state index contributed by atoms with van der Waals surface area (Å²) in [4.78, 5) is 11.0. The number of rotatable bonds is 3. The number of hydrogen-bond donors (Lipinski definition) is 1. The predicted octanol–water partition coefficient (Wildman–Crippen LogP) is 5.95. The monoisotopic (exact) mass is 334 g/mol. The standard InChI is InChI=1S/C23H26O2/c1-16(14-17-7-9-19(10-8-17)22(24)25)20-12-11-18-6-4-5-13-23(2,3)21(18)15-20/h7-12,14-15H,4-6,13H2,1-3H3,(H,24,25)/b16-14+. The number of carboxylic acids is 1. The molecule has 0 saturated carbocycles. The molecule has 0 unspecified atom stereocenters. The molecule has 2 aromatic carbocycles. The van der Waals surface area contributed by atoms with Crippen molar-refractivity contribution in [3.05, 3.63) is 70.3 Å². The van der Waals surface area contributed by atoms with Gasteiger partial charge in [-0.2, -0.15) is 0 Å². The number of carboxylic acid groups (broad SMARTS) is 1. The summed E-state index contributed by atoms with van der Waals surface area (Å²) >= 11 is 0. The second-order valence-corrected chi connectivity index (χ2v) is 7.72. The van der Waals surface area contributed by atoms with E-state index in [1.54, 1.807) is 12.1 Å². The average molecular weight is 334 g/mol. The molecule has 0 spiro atoms. The van der Waals surface area contributed by atoms with Crippen molar-refractivity contribution in [2.75, 3.05) is 0 Å². The highest BCUT2D eigenvalue weighted by molar-refractivity contribution is 5.88. The summed E-state index contributed by atoms with van der Waals surface area (Å²) in [6.45, 7) is 6.83. The van der Waals surface area contributed by atoms with E-state index < -0.39 is 5.97 Å². The molecule has 0 radical (unpaired) electrons. The Hall–Kier alpha value is -2.35. The summed E-state index contributed by atoms with van der Waals surface area (Å²) in [5.74, 6) is -0.889. The van der Waals surface area contributed by atoms with Crippen LogP contribution in [-0.2, 0) is 11.8 Å². The molecule has 0 heterocycles. The van der Waals surface area contributed by atoms with Crippen LogP contribution in [0.2, 0.25) is 0 Å². The van der Waals surface area contributed by atoms with Crippen LogP contribution in [0.4, 0.5) is 0 Å². The fraction of sp³-hybridized carbons (Fsp3) is 0.348. The molecule has 0 saturated heterocycles. The molecule has 2 heteroatoms. The van der Waals surface area contributed by atoms with Gasteiger partial charge in [0.2, 0.25) is 0 Å². The van der Waals surface area contributed by atoms with Gasteiger partial charge in [0, 0.05) is 0 Å². The lowest BCUT2D eigenvalue weighted by Crippen LogP contribution is -2.17. The number of allylic oxidation sites excluding steroid dienone is 1. The molecule has 3 rings (SSSR count). The Bertz CT molecular complexity index is 810. The Morgan fingerprint density at radius 1 is 1.04 bits per heavy atom. The van der Waals surface area contributed by atoms with Gasteiger partial charge < -0.3 is 5.11 Å². The van der Waals surface area contributed by atoms with E-state index >= 15 is 0 Å². The van der Waals surface area contributed by atoms with Gasteiger partial charge in [-0.05, 0) is 71.6 Å². The molecule has 0 aromatic heterocycles. The quantitative estimate of drug-likeness (QED) is 0.556. The summed E-state index contributed by atoms with van der Waals surface area (Å²) in [5, 5.41) is 9.00. The van der Waals surface area contributed by atoms with Crippen molar-refractivity contribution in [2.45, 2.75) is 51.9 Å². The van der Waals surface area contributed by atoms with E-state index in [2.05, 4.69) is 45.0 Å². The molecule has 2 nitrogen and oxygen atoms in total. The van der Waals surface area contributed by atoms with Crippen LogP contribution in [0.15, 0.2) is 42.5 Å². The van der Waals surface area contributed by atoms with Crippen molar-refractivity contribution in [3.63, 3.8) is 0 Å². The van der Waals surface area contributed by atoms with Crippen molar-refractivity contribution < 1.29 is 9.90 Å². The van der Waals surface area contributed by atoms with E-state index in [0.717, 1.165) is 5.56 Å². The molecule has 130 valence electrons. The normalized spacial score (nSPS) is 16.8. The highest BCUT2D eigenvalue weighted by Gasteiger charge is 2.25. The minimum Gasteiger partial charge on any atom is -0.478 e. The van der Waals surface area contributed by atoms with Crippen LogP contribution >= 0.6 is 0 Å². The fourth-order valence-corrected chi connectivity index (χ4v) is 3.74. The highest BCUT2D eigenvalue weighted by atomic mass is 16.4. The van der Waals surface area contributed by atoms with Crippen molar-refractivity contribution in [1.82, 2.24) is 0 Å². The second-order valence-electron chi connectivity index (χ2n) is 7.72. The SMILES string of the molecule is C/C(=C\c1ccc(C(=O)O)cc1)c1ccc2c(c1)C(C)(C)CCCC2. The summed E-state index contributed by atoms with van der Waals surface area (Å²) in [6.07, 6.45) is 7.11. The first-order chi connectivity index (χ1) is 11.9. The predicted molar refractivity (Wildman–Crippen MR) is 104 cm³/mol. The largest absolute Gasteiger partial charge is 0.478 e. The molecule has 25 heavy (non-hydrogen) atoms. The lowest BCUT2D eigenvalue weighted by molar-refractivity contribution is 0.0697. The van der Waals surface area contributed by atoms with Gasteiger partial charge in [-0.3, -0.25) is 0 Å². The van der Waals surface area contributed by atoms with Gasteiger partial charge in [0.15, 0.2) is 0 Å². The van der Waals surface area contributed by atoms with Gasteiger partial charge >= 0.3 is 5.97 Å². The fourth-order valence-electron chi connectivity index (χ4n) is 3.74. The van der Waals surface area contributed by atoms with E-state index in [9.17, 15) is 4.79 Å². The van der Waals surface area contributed by atoms with Crippen LogP contribution in [0.25, 0.3) is 11.6 Å². The number of hydrogen-bond acceptors (Lipinski definition) is 1. The number of carbonyl (C=O) groups is 1. The molecule has 0 aliphatic heterocycles. The zero-order valence-electron chi connectivity index (χ0n) is 15.3. The lowest BCUT2D eigenvalue weighted by Gasteiger charge is -2.26. The molecule has 1 aliphatic carbocycles. The zero-order valence-corrected chi connectivity index (χ0v) is 15.3. The van der Waals surface area contributed by atoms with Gasteiger partial charge in [0.05, 0.1) is 5.56 Å². The summed E-state index contributed by atoms with van der Waals surface area (Å²) in [6, 6.07) is 13.9. The third-order valence-corrected chi connectivity index (χ3v) is 5.33. The first-order valence-electron chi connectivity index (χ1n) is 9.02. The zero-order chi connectivity index (χ0) is 18.0. The van der Waals surface area contributed by atoms with Gasteiger partial charge in [-0.25, -0.2) is 4.79 Å². The highest BCUT2D eigenvalue weighted by Crippen LogP contribution is 2.37. The third-order valence-electron chi connectivity index (χ3n) is 5.33. The summed E-state index contributed by atoms with van der Waals surface area (Å²) in [7, 11) is 0. The maximum Gasteiger partial charge on any atom is 0.335 e. The average Bonchev–Trinajstić information content (AvgIpc) is 2.73. The minimum atomic E-state index is -0.889. The Morgan fingerprint density at radius 3 is 2.40 bits per heavy atom. The molecular formula is C23H26O2. The van der Waals surface area contributed by atoms with Gasteiger partial charge in [0.25, 0.3) is 0 Å². The molecule has 0 fully saturated rings. The van der Waals surface area contributed by atoms with Crippen LogP contribution in [0.1, 0.15) is 72.6 Å². The topological polar surface area (TPSA) is 37.3 Å². The molecule has 1 N–H and O–H groups in total. The Kier molecular flexibility index (Phi) is 4.80. The summed E-state index contributed by atoms with van der Waals surface area (Å²) in [5.41, 5.74) is 6.99. The van der Waals surface area contributed by atoms with Crippen molar-refractivity contribution >= 4 is 17.6 Å². The maximum absolute atomic E-state index is 11.0. The summed E-state index contributed by atoms with van der Waals surface area (Å²) < 4.78 is 0. The minimum absolute atomic E-state index is 0.227. The van der Waals surface area contributed by atoms with Gasteiger partial charge in [0.1, 0.15) is 0 Å². The number of aryl methyl sites for hydroxylation is 1. The van der Waals surface area contributed by atoms with Crippen LogP contribution in [0.5, 0.6) is 0 Å². The smallest absolute Gasteiger partial charge is 0.335 e. The van der Waals surface area contributed by atoms with Crippen molar-refractivity contribution in [3.8, 4) is 0 Å². The molecule has 0 atom stereocenters. The second kappa shape index (κ2) is 6.87. The molecule has 2 aromatic rings.